The Morgan fingerprint density at radius 1 is 1.17 bits per heavy atom. The Kier molecular flexibility index (Phi) is 3.59. The van der Waals surface area contributed by atoms with Crippen LogP contribution in [0.2, 0.25) is 0 Å². The van der Waals surface area contributed by atoms with Gasteiger partial charge in [-0.25, -0.2) is 15.0 Å². The highest BCUT2D eigenvalue weighted by atomic mass is 32.2. The Hall–Kier alpha value is -2.25. The van der Waals surface area contributed by atoms with Crippen LogP contribution in [0.4, 0.5) is 0 Å². The standard InChI is InChI=1S/C16H12N4OS2/c1-9(23-16-11-6-7-22-15(11)17-8-18-16)13-19-12-5-3-2-4-10(12)14(21)20-13/h2-9H,1H3,(H,19,20,21)/t9-/m0/s1. The average Bonchev–Trinajstić information content (AvgIpc) is 3.04. The number of hydrogen-bond acceptors (Lipinski definition) is 6. The molecule has 0 amide bonds. The lowest BCUT2D eigenvalue weighted by Gasteiger charge is -2.11. The van der Waals surface area contributed by atoms with Gasteiger partial charge in [0.15, 0.2) is 0 Å². The number of nitrogens with one attached hydrogen (secondary N) is 1. The minimum Gasteiger partial charge on any atom is -0.309 e. The van der Waals surface area contributed by atoms with Gasteiger partial charge in [0.05, 0.1) is 16.2 Å². The van der Waals surface area contributed by atoms with Crippen molar-refractivity contribution in [2.75, 3.05) is 0 Å². The largest absolute Gasteiger partial charge is 0.309 e. The zero-order valence-corrected chi connectivity index (χ0v) is 13.8. The lowest BCUT2D eigenvalue weighted by atomic mass is 10.2. The summed E-state index contributed by atoms with van der Waals surface area (Å²) < 4.78 is 0. The molecule has 0 fully saturated rings. The van der Waals surface area contributed by atoms with Gasteiger partial charge < -0.3 is 4.98 Å². The predicted octanol–water partition coefficient (Wildman–Crippen LogP) is 3.78. The van der Waals surface area contributed by atoms with Gasteiger partial charge in [0.2, 0.25) is 0 Å². The fraction of sp³-hybridized carbons (Fsp3) is 0.125. The second-order valence-corrected chi connectivity index (χ2v) is 7.27. The molecule has 0 aliphatic heterocycles. The van der Waals surface area contributed by atoms with E-state index >= 15 is 0 Å². The molecule has 7 heteroatoms. The zero-order chi connectivity index (χ0) is 15.8. The van der Waals surface area contributed by atoms with E-state index in [0.717, 1.165) is 15.2 Å². The number of thioether (sulfide) groups is 1. The smallest absolute Gasteiger partial charge is 0.258 e. The van der Waals surface area contributed by atoms with Crippen molar-refractivity contribution in [3.8, 4) is 0 Å². The number of para-hydroxylation sites is 1. The first-order chi connectivity index (χ1) is 11.2. The fourth-order valence-electron chi connectivity index (χ4n) is 2.38. The molecule has 3 heterocycles. The van der Waals surface area contributed by atoms with Crippen LogP contribution in [-0.2, 0) is 0 Å². The summed E-state index contributed by atoms with van der Waals surface area (Å²) in [6, 6.07) is 9.38. The topological polar surface area (TPSA) is 71.5 Å². The molecule has 114 valence electrons. The van der Waals surface area contributed by atoms with Gasteiger partial charge in [0.1, 0.15) is 22.0 Å². The second kappa shape index (κ2) is 5.75. The number of benzene rings is 1. The maximum absolute atomic E-state index is 12.2. The Balaban J connectivity index is 1.73. The van der Waals surface area contributed by atoms with Gasteiger partial charge in [-0.2, -0.15) is 0 Å². The molecule has 0 aliphatic rings. The second-order valence-electron chi connectivity index (χ2n) is 5.05. The van der Waals surface area contributed by atoms with E-state index in [4.69, 9.17) is 0 Å². The molecule has 0 bridgehead atoms. The third kappa shape index (κ3) is 2.62. The van der Waals surface area contributed by atoms with Crippen LogP contribution in [0.5, 0.6) is 0 Å². The number of aromatic amines is 1. The van der Waals surface area contributed by atoms with Crippen molar-refractivity contribution in [2.45, 2.75) is 17.2 Å². The van der Waals surface area contributed by atoms with Crippen molar-refractivity contribution < 1.29 is 0 Å². The summed E-state index contributed by atoms with van der Waals surface area (Å²) in [4.78, 5) is 29.3. The minimum absolute atomic E-state index is 0.0229. The maximum atomic E-state index is 12.2. The van der Waals surface area contributed by atoms with Gasteiger partial charge in [-0.3, -0.25) is 4.79 Å². The number of fused-ring (bicyclic) bond motifs is 2. The summed E-state index contributed by atoms with van der Waals surface area (Å²) in [5.41, 5.74) is 0.600. The fourth-order valence-corrected chi connectivity index (χ4v) is 4.14. The van der Waals surface area contributed by atoms with Crippen molar-refractivity contribution in [1.29, 1.82) is 0 Å². The molecule has 0 unspecified atom stereocenters. The Morgan fingerprint density at radius 3 is 2.96 bits per heavy atom. The quantitative estimate of drug-likeness (QED) is 0.454. The molecule has 4 rings (SSSR count). The van der Waals surface area contributed by atoms with Gasteiger partial charge in [0, 0.05) is 5.39 Å². The predicted molar refractivity (Wildman–Crippen MR) is 94.1 cm³/mol. The molecule has 0 spiro atoms. The average molecular weight is 340 g/mol. The van der Waals surface area contributed by atoms with Crippen molar-refractivity contribution in [2.24, 2.45) is 0 Å². The lowest BCUT2D eigenvalue weighted by molar-refractivity contribution is 0.919. The van der Waals surface area contributed by atoms with Crippen molar-refractivity contribution in [3.63, 3.8) is 0 Å². The molecular weight excluding hydrogens is 328 g/mol. The summed E-state index contributed by atoms with van der Waals surface area (Å²) in [6.45, 7) is 2.01. The summed E-state index contributed by atoms with van der Waals surface area (Å²) in [7, 11) is 0. The molecule has 0 saturated carbocycles. The number of thiophene rings is 1. The lowest BCUT2D eigenvalue weighted by Crippen LogP contribution is -2.12. The van der Waals surface area contributed by atoms with Crippen LogP contribution in [0.15, 0.2) is 51.9 Å². The maximum Gasteiger partial charge on any atom is 0.258 e. The van der Waals surface area contributed by atoms with Crippen LogP contribution >= 0.6 is 23.1 Å². The molecule has 1 atom stereocenters. The molecular formula is C16H12N4OS2. The van der Waals surface area contributed by atoms with E-state index in [1.54, 1.807) is 35.5 Å². The molecule has 0 aliphatic carbocycles. The van der Waals surface area contributed by atoms with Crippen molar-refractivity contribution >= 4 is 44.2 Å². The van der Waals surface area contributed by atoms with Crippen LogP contribution in [0.3, 0.4) is 0 Å². The van der Waals surface area contributed by atoms with E-state index < -0.39 is 0 Å². The number of H-pyrrole nitrogens is 1. The third-order valence-corrected chi connectivity index (χ3v) is 5.48. The van der Waals surface area contributed by atoms with E-state index in [-0.39, 0.29) is 10.8 Å². The van der Waals surface area contributed by atoms with Crippen LogP contribution < -0.4 is 5.56 Å². The van der Waals surface area contributed by atoms with Crippen molar-refractivity contribution in [1.82, 2.24) is 19.9 Å². The third-order valence-electron chi connectivity index (χ3n) is 3.53. The van der Waals surface area contributed by atoms with E-state index in [1.165, 1.54) is 0 Å². The molecule has 1 N–H and O–H groups in total. The van der Waals surface area contributed by atoms with Crippen LogP contribution in [0, 0.1) is 0 Å². The number of hydrogen-bond donors (Lipinski definition) is 1. The van der Waals surface area contributed by atoms with Crippen LogP contribution in [0.25, 0.3) is 21.1 Å². The Bertz CT molecular complexity index is 1060. The first-order valence-corrected chi connectivity index (χ1v) is 8.82. The molecule has 3 aromatic heterocycles. The minimum atomic E-state index is -0.110. The monoisotopic (exact) mass is 340 g/mol. The number of rotatable bonds is 3. The molecule has 23 heavy (non-hydrogen) atoms. The van der Waals surface area contributed by atoms with Crippen molar-refractivity contribution in [3.05, 3.63) is 58.2 Å². The van der Waals surface area contributed by atoms with Gasteiger partial charge in [0.25, 0.3) is 5.56 Å². The van der Waals surface area contributed by atoms with E-state index in [2.05, 4.69) is 19.9 Å². The molecule has 0 radical (unpaired) electrons. The Labute approximate surface area is 139 Å². The van der Waals surface area contributed by atoms with Crippen LogP contribution in [0.1, 0.15) is 18.0 Å². The first-order valence-electron chi connectivity index (χ1n) is 7.06. The molecule has 1 aromatic carbocycles. The zero-order valence-electron chi connectivity index (χ0n) is 12.2. The number of aromatic nitrogens is 4. The van der Waals surface area contributed by atoms with E-state index in [0.29, 0.717) is 16.7 Å². The van der Waals surface area contributed by atoms with Gasteiger partial charge in [-0.05, 0) is 30.5 Å². The van der Waals surface area contributed by atoms with Gasteiger partial charge in [-0.15, -0.1) is 11.3 Å². The Morgan fingerprint density at radius 2 is 2.04 bits per heavy atom. The first kappa shape index (κ1) is 14.3. The molecule has 0 saturated heterocycles. The summed E-state index contributed by atoms with van der Waals surface area (Å²) in [5, 5.41) is 4.53. The summed E-state index contributed by atoms with van der Waals surface area (Å²) >= 11 is 3.16. The van der Waals surface area contributed by atoms with E-state index in [1.807, 2.05) is 36.6 Å². The molecule has 5 nitrogen and oxygen atoms in total. The molecule has 4 aromatic rings. The number of nitrogens with zero attached hydrogens (tertiary/aromatic N) is 3. The van der Waals surface area contributed by atoms with Crippen LogP contribution in [-0.4, -0.2) is 19.9 Å². The summed E-state index contributed by atoms with van der Waals surface area (Å²) in [6.07, 6.45) is 1.57. The highest BCUT2D eigenvalue weighted by Crippen LogP contribution is 2.36. The highest BCUT2D eigenvalue weighted by Gasteiger charge is 2.15. The van der Waals surface area contributed by atoms with Gasteiger partial charge in [-0.1, -0.05) is 23.9 Å². The van der Waals surface area contributed by atoms with Gasteiger partial charge >= 0.3 is 0 Å². The highest BCUT2D eigenvalue weighted by molar-refractivity contribution is 7.99. The summed E-state index contributed by atoms with van der Waals surface area (Å²) in [5.74, 6) is 0.653. The van der Waals surface area contributed by atoms with E-state index in [9.17, 15) is 4.79 Å². The normalized spacial score (nSPS) is 12.7. The SMILES string of the molecule is C[C@H](Sc1ncnc2sccc12)c1nc2ccccc2c(=O)[nH]1.